The number of carbonyl (C=O) groups is 1. The molecule has 1 aromatic carbocycles. The molecule has 5 nitrogen and oxygen atoms in total. The standard InChI is InChI=1S/C21H36NO4P/c1-9-13-27(24,22-17(8)21(23)25-16(6)7)26-20-18(14(2)3)11-10-12-19(20)15(4)5/h10-12,14-17H,9,13H2,1-8H3,(H,22,24). The van der Waals surface area contributed by atoms with Crippen LogP contribution in [0.4, 0.5) is 0 Å². The van der Waals surface area contributed by atoms with Gasteiger partial charge >= 0.3 is 13.5 Å². The summed E-state index contributed by atoms with van der Waals surface area (Å²) in [6.07, 6.45) is 0.801. The van der Waals surface area contributed by atoms with Crippen molar-refractivity contribution in [1.29, 1.82) is 0 Å². The van der Waals surface area contributed by atoms with E-state index in [0.29, 0.717) is 18.3 Å². The minimum Gasteiger partial charge on any atom is -0.462 e. The molecule has 1 N–H and O–H groups in total. The smallest absolute Gasteiger partial charge is 0.323 e. The van der Waals surface area contributed by atoms with Gasteiger partial charge in [0, 0.05) is 6.16 Å². The second-order valence-corrected chi connectivity index (χ2v) is 10.1. The fourth-order valence-corrected chi connectivity index (χ4v) is 4.91. The van der Waals surface area contributed by atoms with Crippen molar-refractivity contribution in [3.63, 3.8) is 0 Å². The van der Waals surface area contributed by atoms with Crippen molar-refractivity contribution in [3.05, 3.63) is 29.3 Å². The molecule has 0 bridgehead atoms. The first kappa shape index (κ1) is 23.7. The predicted molar refractivity (Wildman–Crippen MR) is 112 cm³/mol. The van der Waals surface area contributed by atoms with E-state index in [4.69, 9.17) is 9.26 Å². The van der Waals surface area contributed by atoms with E-state index < -0.39 is 19.5 Å². The normalized spacial score (nSPS) is 15.1. The van der Waals surface area contributed by atoms with Crippen LogP contribution in [-0.4, -0.2) is 24.3 Å². The van der Waals surface area contributed by atoms with Gasteiger partial charge in [0.05, 0.1) is 6.10 Å². The summed E-state index contributed by atoms with van der Waals surface area (Å²) >= 11 is 0. The highest BCUT2D eigenvalue weighted by Crippen LogP contribution is 2.48. The monoisotopic (exact) mass is 397 g/mol. The third-order valence-electron chi connectivity index (χ3n) is 4.17. The zero-order chi connectivity index (χ0) is 20.8. The van der Waals surface area contributed by atoms with Gasteiger partial charge in [-0.1, -0.05) is 52.8 Å². The Balaban J connectivity index is 3.22. The second-order valence-electron chi connectivity index (χ2n) is 7.90. The summed E-state index contributed by atoms with van der Waals surface area (Å²) in [4.78, 5) is 12.2. The summed E-state index contributed by atoms with van der Waals surface area (Å²) in [5.41, 5.74) is 2.05. The van der Waals surface area contributed by atoms with E-state index in [0.717, 1.165) is 11.1 Å². The maximum absolute atomic E-state index is 13.6. The molecular formula is C21H36NO4P. The summed E-state index contributed by atoms with van der Waals surface area (Å²) in [6, 6.07) is 5.33. The highest BCUT2D eigenvalue weighted by molar-refractivity contribution is 7.57. The van der Waals surface area contributed by atoms with E-state index in [9.17, 15) is 9.36 Å². The molecule has 27 heavy (non-hydrogen) atoms. The molecule has 1 aromatic rings. The SMILES string of the molecule is CCCP(=O)(NC(C)C(=O)OC(C)C)Oc1c(C(C)C)cccc1C(C)C. The van der Waals surface area contributed by atoms with Gasteiger partial charge in [0.15, 0.2) is 0 Å². The lowest BCUT2D eigenvalue weighted by Crippen LogP contribution is -2.36. The Morgan fingerprint density at radius 1 is 1.04 bits per heavy atom. The summed E-state index contributed by atoms with van der Waals surface area (Å²) in [6.45, 7) is 15.6. The molecular weight excluding hydrogens is 361 g/mol. The van der Waals surface area contributed by atoms with Gasteiger partial charge in [0.1, 0.15) is 11.8 Å². The molecule has 2 unspecified atom stereocenters. The molecule has 0 saturated carbocycles. The molecule has 0 heterocycles. The Hall–Kier alpha value is -1.32. The fraction of sp³-hybridized carbons (Fsp3) is 0.667. The highest BCUT2D eigenvalue weighted by Gasteiger charge is 2.31. The average molecular weight is 397 g/mol. The fourth-order valence-electron chi connectivity index (χ4n) is 2.85. The lowest BCUT2D eigenvalue weighted by molar-refractivity contribution is -0.149. The number of esters is 1. The van der Waals surface area contributed by atoms with E-state index >= 15 is 0 Å². The van der Waals surface area contributed by atoms with Crippen molar-refractivity contribution in [1.82, 2.24) is 5.09 Å². The average Bonchev–Trinajstić information content (AvgIpc) is 2.53. The van der Waals surface area contributed by atoms with E-state index in [1.54, 1.807) is 20.8 Å². The van der Waals surface area contributed by atoms with E-state index in [1.165, 1.54) is 0 Å². The number of nitrogens with one attached hydrogen (secondary N) is 1. The molecule has 0 aliphatic heterocycles. The van der Waals surface area contributed by atoms with E-state index in [1.807, 2.05) is 25.1 Å². The lowest BCUT2D eigenvalue weighted by atomic mass is 9.94. The van der Waals surface area contributed by atoms with Gasteiger partial charge in [-0.05, 0) is 50.2 Å². The minimum atomic E-state index is -3.28. The summed E-state index contributed by atoms with van der Waals surface area (Å²) < 4.78 is 25.0. The maximum atomic E-state index is 13.6. The lowest BCUT2D eigenvalue weighted by Gasteiger charge is -2.27. The van der Waals surface area contributed by atoms with Gasteiger partial charge in [0.25, 0.3) is 0 Å². The number of hydrogen-bond donors (Lipinski definition) is 1. The topological polar surface area (TPSA) is 64.6 Å². The van der Waals surface area contributed by atoms with Crippen LogP contribution in [0.2, 0.25) is 0 Å². The number of ether oxygens (including phenoxy) is 1. The molecule has 0 amide bonds. The van der Waals surface area contributed by atoms with Crippen molar-refractivity contribution in [2.75, 3.05) is 6.16 Å². The van der Waals surface area contributed by atoms with Crippen molar-refractivity contribution in [2.45, 2.75) is 85.8 Å². The van der Waals surface area contributed by atoms with Gasteiger partial charge in [-0.25, -0.2) is 5.09 Å². The first-order valence-electron chi connectivity index (χ1n) is 9.90. The van der Waals surface area contributed by atoms with Crippen LogP contribution in [-0.2, 0) is 14.1 Å². The Morgan fingerprint density at radius 3 is 1.96 bits per heavy atom. The Kier molecular flexibility index (Phi) is 9.04. The molecule has 0 aromatic heterocycles. The van der Waals surface area contributed by atoms with Crippen LogP contribution in [0.5, 0.6) is 5.75 Å². The maximum Gasteiger partial charge on any atom is 0.323 e. The minimum absolute atomic E-state index is 0.220. The molecule has 0 spiro atoms. The molecule has 0 aliphatic carbocycles. The summed E-state index contributed by atoms with van der Waals surface area (Å²) in [5, 5.41) is 2.94. The number of para-hydroxylation sites is 1. The third-order valence-corrected chi connectivity index (χ3v) is 6.47. The quantitative estimate of drug-likeness (QED) is 0.397. The van der Waals surface area contributed by atoms with Crippen molar-refractivity contribution >= 4 is 13.5 Å². The molecule has 2 atom stereocenters. The highest BCUT2D eigenvalue weighted by atomic mass is 31.2. The van der Waals surface area contributed by atoms with Gasteiger partial charge in [-0.2, -0.15) is 0 Å². The van der Waals surface area contributed by atoms with Crippen LogP contribution in [0.3, 0.4) is 0 Å². The van der Waals surface area contributed by atoms with Crippen LogP contribution < -0.4 is 9.61 Å². The van der Waals surface area contributed by atoms with Crippen molar-refractivity contribution < 1.29 is 18.6 Å². The number of carbonyl (C=O) groups excluding carboxylic acids is 1. The Bertz CT molecular complexity index is 644. The molecule has 154 valence electrons. The molecule has 1 rings (SSSR count). The van der Waals surface area contributed by atoms with Gasteiger partial charge in [-0.15, -0.1) is 0 Å². The van der Waals surface area contributed by atoms with Crippen LogP contribution in [0.15, 0.2) is 18.2 Å². The van der Waals surface area contributed by atoms with Crippen LogP contribution in [0.25, 0.3) is 0 Å². The first-order chi connectivity index (χ1) is 12.5. The zero-order valence-corrected chi connectivity index (χ0v) is 18.9. The zero-order valence-electron chi connectivity index (χ0n) is 18.0. The summed E-state index contributed by atoms with van der Waals surface area (Å²) in [7, 11) is -3.28. The van der Waals surface area contributed by atoms with Crippen molar-refractivity contribution in [3.8, 4) is 5.75 Å². The second kappa shape index (κ2) is 10.3. The molecule has 0 radical (unpaired) electrons. The van der Waals surface area contributed by atoms with E-state index in [2.05, 4.69) is 32.8 Å². The third kappa shape index (κ3) is 6.97. The van der Waals surface area contributed by atoms with Crippen LogP contribution in [0.1, 0.15) is 84.8 Å². The number of rotatable bonds is 10. The van der Waals surface area contributed by atoms with Gasteiger partial charge < -0.3 is 9.26 Å². The molecule has 0 saturated heterocycles. The summed E-state index contributed by atoms with van der Waals surface area (Å²) in [5.74, 6) is 0.719. The Morgan fingerprint density at radius 2 is 1.56 bits per heavy atom. The molecule has 0 fully saturated rings. The first-order valence-corrected chi connectivity index (χ1v) is 11.7. The number of hydrogen-bond acceptors (Lipinski definition) is 4. The molecule has 6 heteroatoms. The van der Waals surface area contributed by atoms with Crippen molar-refractivity contribution in [2.24, 2.45) is 0 Å². The van der Waals surface area contributed by atoms with Crippen LogP contribution >= 0.6 is 7.52 Å². The van der Waals surface area contributed by atoms with Gasteiger partial charge in [-0.3, -0.25) is 9.36 Å². The Labute approximate surface area is 164 Å². The van der Waals surface area contributed by atoms with E-state index in [-0.39, 0.29) is 17.9 Å². The van der Waals surface area contributed by atoms with Gasteiger partial charge in [0.2, 0.25) is 0 Å². The number of benzene rings is 1. The predicted octanol–water partition coefficient (Wildman–Crippen LogP) is 5.85. The largest absolute Gasteiger partial charge is 0.462 e. The van der Waals surface area contributed by atoms with Crippen LogP contribution in [0, 0.1) is 0 Å². The molecule has 0 aliphatic rings.